The smallest absolute Gasteiger partial charge is 0.276 e. The van der Waals surface area contributed by atoms with Crippen LogP contribution >= 0.6 is 11.8 Å². The lowest BCUT2D eigenvalue weighted by atomic mass is 10.1. The number of carbonyl (C=O) groups is 1. The number of thioether (sulfide) groups is 1. The largest absolute Gasteiger partial charge is 0.309 e. The average molecular weight is 380 g/mol. The first-order chi connectivity index (χ1) is 12.0. The molecule has 0 bridgehead atoms. The summed E-state index contributed by atoms with van der Waals surface area (Å²) in [5, 5.41) is 3.08. The molecule has 0 unspecified atom stereocenters. The van der Waals surface area contributed by atoms with Crippen molar-refractivity contribution in [2.24, 2.45) is 4.99 Å². The number of halogens is 1. The molecule has 10 heteroatoms. The van der Waals surface area contributed by atoms with Gasteiger partial charge >= 0.3 is 0 Å². The van der Waals surface area contributed by atoms with Gasteiger partial charge in [0.1, 0.15) is 17.2 Å². The van der Waals surface area contributed by atoms with Gasteiger partial charge in [-0.3, -0.25) is 15.1 Å². The third kappa shape index (κ3) is 2.85. The predicted molar refractivity (Wildman–Crippen MR) is 91.9 cm³/mol. The highest BCUT2D eigenvalue weighted by Crippen LogP contribution is 2.30. The summed E-state index contributed by atoms with van der Waals surface area (Å²) in [4.78, 5) is 21.1. The van der Waals surface area contributed by atoms with Gasteiger partial charge in [-0.2, -0.15) is 0 Å². The number of nitrogens with one attached hydrogen (secondary N) is 1. The number of benzene rings is 1. The van der Waals surface area contributed by atoms with E-state index in [1.807, 2.05) is 0 Å². The number of imidazole rings is 1. The number of sulfone groups is 1. The van der Waals surface area contributed by atoms with E-state index >= 15 is 0 Å². The van der Waals surface area contributed by atoms with Crippen molar-refractivity contribution in [3.63, 3.8) is 0 Å². The number of aliphatic imine (C=N–C) groups is 1. The van der Waals surface area contributed by atoms with Crippen LogP contribution in [0.15, 0.2) is 34.4 Å². The van der Waals surface area contributed by atoms with Crippen LogP contribution in [0.1, 0.15) is 10.5 Å². The van der Waals surface area contributed by atoms with E-state index < -0.39 is 21.6 Å². The summed E-state index contributed by atoms with van der Waals surface area (Å²) in [6.07, 6.45) is 0. The van der Waals surface area contributed by atoms with E-state index in [1.165, 1.54) is 40.6 Å². The van der Waals surface area contributed by atoms with Crippen molar-refractivity contribution >= 4 is 32.7 Å². The van der Waals surface area contributed by atoms with Crippen molar-refractivity contribution in [1.82, 2.24) is 14.9 Å². The standard InChI is InChI=1S/C15H13FN4O3S2/c16-10-3-1-9(2-4-10)11-12(13(21)19-14-17-5-7-24-14)20-6-8-25(22,23)15(20)18-11/h1-4H,5-8H2,(H,17,19,21). The van der Waals surface area contributed by atoms with Crippen molar-refractivity contribution < 1.29 is 17.6 Å². The van der Waals surface area contributed by atoms with Gasteiger partial charge in [-0.1, -0.05) is 11.8 Å². The van der Waals surface area contributed by atoms with Crippen LogP contribution in [0.5, 0.6) is 0 Å². The summed E-state index contributed by atoms with van der Waals surface area (Å²) >= 11 is 1.43. The second-order valence-electron chi connectivity index (χ2n) is 5.56. The summed E-state index contributed by atoms with van der Waals surface area (Å²) in [6.45, 7) is 0.790. The lowest BCUT2D eigenvalue weighted by molar-refractivity contribution is 0.0969. The van der Waals surface area contributed by atoms with Crippen LogP contribution in [0, 0.1) is 5.82 Å². The minimum Gasteiger partial charge on any atom is -0.309 e. The van der Waals surface area contributed by atoms with E-state index in [9.17, 15) is 17.6 Å². The molecule has 1 amide bonds. The highest BCUT2D eigenvalue weighted by atomic mass is 32.2. The van der Waals surface area contributed by atoms with Crippen LogP contribution in [0.4, 0.5) is 4.39 Å². The molecule has 2 aliphatic rings. The Morgan fingerprint density at radius 3 is 2.72 bits per heavy atom. The molecule has 0 fully saturated rings. The third-order valence-corrected chi connectivity index (χ3v) is 6.41. The average Bonchev–Trinajstić information content (AvgIpc) is 3.26. The fourth-order valence-electron chi connectivity index (χ4n) is 2.79. The molecule has 25 heavy (non-hydrogen) atoms. The lowest BCUT2D eigenvalue weighted by Crippen LogP contribution is -2.29. The van der Waals surface area contributed by atoms with Crippen molar-refractivity contribution in [3.05, 3.63) is 35.8 Å². The zero-order valence-electron chi connectivity index (χ0n) is 12.9. The molecule has 130 valence electrons. The molecule has 2 aromatic rings. The number of amidine groups is 1. The van der Waals surface area contributed by atoms with E-state index in [2.05, 4.69) is 15.3 Å². The Morgan fingerprint density at radius 2 is 2.04 bits per heavy atom. The van der Waals surface area contributed by atoms with Crippen molar-refractivity contribution in [1.29, 1.82) is 0 Å². The fraction of sp³-hybridized carbons (Fsp3) is 0.267. The van der Waals surface area contributed by atoms with Crippen molar-refractivity contribution in [2.75, 3.05) is 18.1 Å². The number of hydrogen-bond donors (Lipinski definition) is 1. The number of aromatic nitrogens is 2. The monoisotopic (exact) mass is 380 g/mol. The van der Waals surface area contributed by atoms with Crippen LogP contribution in [-0.4, -0.2) is 47.1 Å². The third-order valence-electron chi connectivity index (χ3n) is 3.93. The van der Waals surface area contributed by atoms with Gasteiger partial charge in [0.15, 0.2) is 5.17 Å². The second-order valence-corrected chi connectivity index (χ2v) is 8.64. The zero-order chi connectivity index (χ0) is 17.6. The van der Waals surface area contributed by atoms with Gasteiger partial charge in [0.05, 0.1) is 12.3 Å². The molecule has 4 rings (SSSR count). The zero-order valence-corrected chi connectivity index (χ0v) is 14.5. The number of fused-ring (bicyclic) bond motifs is 1. The summed E-state index contributed by atoms with van der Waals surface area (Å²) in [6, 6.07) is 5.43. The molecule has 1 N–H and O–H groups in total. The Hall–Kier alpha value is -2.20. The van der Waals surface area contributed by atoms with Crippen molar-refractivity contribution in [3.8, 4) is 11.3 Å². The number of carbonyl (C=O) groups excluding carboxylic acids is 1. The lowest BCUT2D eigenvalue weighted by Gasteiger charge is -2.08. The maximum atomic E-state index is 13.2. The highest BCUT2D eigenvalue weighted by Gasteiger charge is 2.35. The first kappa shape index (κ1) is 16.3. The first-order valence-corrected chi connectivity index (χ1v) is 10.2. The van der Waals surface area contributed by atoms with Gasteiger partial charge in [-0.25, -0.2) is 17.8 Å². The molecule has 0 radical (unpaired) electrons. The Balaban J connectivity index is 1.83. The van der Waals surface area contributed by atoms with Gasteiger partial charge < -0.3 is 4.57 Å². The minimum absolute atomic E-state index is 0.0883. The first-order valence-electron chi connectivity index (χ1n) is 7.53. The number of nitrogens with zero attached hydrogens (tertiary/aromatic N) is 3. The van der Waals surface area contributed by atoms with Crippen molar-refractivity contribution in [2.45, 2.75) is 11.7 Å². The second kappa shape index (κ2) is 5.95. The minimum atomic E-state index is -3.52. The molecule has 0 saturated carbocycles. The molecular formula is C15H13FN4O3S2. The van der Waals surface area contributed by atoms with Gasteiger partial charge in [0, 0.05) is 17.9 Å². The quantitative estimate of drug-likeness (QED) is 0.848. The van der Waals surface area contributed by atoms with E-state index in [-0.39, 0.29) is 28.8 Å². The molecule has 7 nitrogen and oxygen atoms in total. The molecule has 3 heterocycles. The van der Waals surface area contributed by atoms with E-state index in [0.29, 0.717) is 17.3 Å². The number of hydrogen-bond acceptors (Lipinski definition) is 6. The van der Waals surface area contributed by atoms with Crippen LogP contribution in [0.25, 0.3) is 11.3 Å². The topological polar surface area (TPSA) is 93.4 Å². The molecule has 0 saturated heterocycles. The molecular weight excluding hydrogens is 367 g/mol. The molecule has 1 aromatic heterocycles. The van der Waals surface area contributed by atoms with Gasteiger partial charge in [-0.15, -0.1) is 0 Å². The van der Waals surface area contributed by atoms with Gasteiger partial charge in [-0.05, 0) is 24.3 Å². The summed E-state index contributed by atoms with van der Waals surface area (Å²) in [5.74, 6) is -0.192. The van der Waals surface area contributed by atoms with Crippen LogP contribution in [-0.2, 0) is 16.4 Å². The summed E-state index contributed by atoms with van der Waals surface area (Å²) < 4.78 is 38.9. The van der Waals surface area contributed by atoms with Gasteiger partial charge in [0.2, 0.25) is 15.0 Å². The Bertz CT molecular complexity index is 997. The Labute approximate surface area is 147 Å². The summed E-state index contributed by atoms with van der Waals surface area (Å²) in [7, 11) is -3.52. The molecule has 0 aliphatic carbocycles. The van der Waals surface area contributed by atoms with Gasteiger partial charge in [0.25, 0.3) is 5.91 Å². The molecule has 0 spiro atoms. The fourth-order valence-corrected chi connectivity index (χ4v) is 4.86. The predicted octanol–water partition coefficient (Wildman–Crippen LogP) is 1.31. The van der Waals surface area contributed by atoms with E-state index in [4.69, 9.17) is 0 Å². The normalized spacial score (nSPS) is 18.0. The summed E-state index contributed by atoms with van der Waals surface area (Å²) in [5.41, 5.74) is 0.849. The maximum Gasteiger partial charge on any atom is 0.276 e. The number of amides is 1. The molecule has 1 aromatic carbocycles. The van der Waals surface area contributed by atoms with Crippen LogP contribution in [0.2, 0.25) is 0 Å². The molecule has 0 atom stereocenters. The maximum absolute atomic E-state index is 13.2. The van der Waals surface area contributed by atoms with Crippen LogP contribution in [0.3, 0.4) is 0 Å². The Morgan fingerprint density at radius 1 is 1.28 bits per heavy atom. The van der Waals surface area contributed by atoms with E-state index in [0.717, 1.165) is 5.75 Å². The SMILES string of the molecule is O=C(NC1=NCCS1)c1c(-c2ccc(F)cc2)nc2n1CCS2(=O)=O. The number of rotatable bonds is 2. The van der Waals surface area contributed by atoms with E-state index in [1.54, 1.807) is 0 Å². The van der Waals surface area contributed by atoms with Crippen LogP contribution < -0.4 is 5.32 Å². The molecule has 2 aliphatic heterocycles. The Kier molecular flexibility index (Phi) is 3.88. The highest BCUT2D eigenvalue weighted by molar-refractivity contribution is 8.14.